The number of rotatable bonds is 3. The summed E-state index contributed by atoms with van der Waals surface area (Å²) >= 11 is 0. The maximum absolute atomic E-state index is 5.62. The van der Waals surface area contributed by atoms with Crippen molar-refractivity contribution < 1.29 is 0 Å². The van der Waals surface area contributed by atoms with Gasteiger partial charge >= 0.3 is 0 Å². The second-order valence-electron chi connectivity index (χ2n) is 3.44. The molecule has 74 valence electrons. The molecule has 1 aliphatic rings. The second-order valence-corrected chi connectivity index (χ2v) is 3.44. The minimum Gasteiger partial charge on any atom is -0.358 e. The van der Waals surface area contributed by atoms with E-state index in [4.69, 9.17) is 5.73 Å². The van der Waals surface area contributed by atoms with Crippen LogP contribution in [0.1, 0.15) is 12.0 Å². The summed E-state index contributed by atoms with van der Waals surface area (Å²) < 4.78 is 0. The minimum atomic E-state index is -0.110. The Morgan fingerprint density at radius 2 is 1.93 bits per heavy atom. The highest BCUT2D eigenvalue weighted by Crippen LogP contribution is 2.08. The predicted octanol–water partition coefficient (Wildman–Crippen LogP) is 0.896. The zero-order valence-electron chi connectivity index (χ0n) is 8.03. The molecule has 0 radical (unpaired) electrons. The maximum Gasteiger partial charge on any atom is 0.149 e. The van der Waals surface area contributed by atoms with E-state index < -0.39 is 0 Å². The highest BCUT2D eigenvalue weighted by atomic mass is 15.3. The van der Waals surface area contributed by atoms with Crippen LogP contribution in [0, 0.1) is 0 Å². The third-order valence-corrected chi connectivity index (χ3v) is 2.30. The second kappa shape index (κ2) is 4.15. The lowest BCUT2D eigenvalue weighted by Gasteiger charge is -2.07. The smallest absolute Gasteiger partial charge is 0.149 e. The van der Waals surface area contributed by atoms with Crippen molar-refractivity contribution in [3.8, 4) is 0 Å². The molecule has 0 saturated carbocycles. The topological polar surface area (TPSA) is 50.1 Å². The van der Waals surface area contributed by atoms with Crippen molar-refractivity contribution in [2.75, 3.05) is 0 Å². The van der Waals surface area contributed by atoms with Gasteiger partial charge in [-0.25, -0.2) is 0 Å². The van der Waals surface area contributed by atoms with E-state index in [0.717, 1.165) is 12.8 Å². The standard InChI is InChI=1S/C11H15N3/c12-11-13-8-10(14-11)7-6-9-4-2-1-3-5-9/h1-5,8,11,13-14H,6-7,12H2. The fourth-order valence-corrected chi connectivity index (χ4v) is 1.54. The van der Waals surface area contributed by atoms with Crippen LogP contribution in [0.3, 0.4) is 0 Å². The van der Waals surface area contributed by atoms with Crippen molar-refractivity contribution in [2.24, 2.45) is 5.73 Å². The van der Waals surface area contributed by atoms with Gasteiger partial charge < -0.3 is 10.6 Å². The van der Waals surface area contributed by atoms with Crippen molar-refractivity contribution in [1.29, 1.82) is 0 Å². The summed E-state index contributed by atoms with van der Waals surface area (Å²) in [6.45, 7) is 0. The lowest BCUT2D eigenvalue weighted by atomic mass is 10.1. The Morgan fingerprint density at radius 3 is 2.57 bits per heavy atom. The van der Waals surface area contributed by atoms with Gasteiger partial charge in [-0.3, -0.25) is 5.73 Å². The van der Waals surface area contributed by atoms with Crippen LogP contribution in [-0.4, -0.2) is 6.29 Å². The van der Waals surface area contributed by atoms with Crippen LogP contribution in [0.5, 0.6) is 0 Å². The molecule has 1 unspecified atom stereocenters. The Morgan fingerprint density at radius 1 is 1.14 bits per heavy atom. The molecule has 2 rings (SSSR count). The highest BCUT2D eigenvalue weighted by Gasteiger charge is 2.08. The number of nitrogens with one attached hydrogen (secondary N) is 2. The van der Waals surface area contributed by atoms with Crippen LogP contribution in [0.4, 0.5) is 0 Å². The number of benzene rings is 1. The molecule has 4 N–H and O–H groups in total. The Labute approximate surface area is 84.0 Å². The van der Waals surface area contributed by atoms with Crippen molar-refractivity contribution in [3.63, 3.8) is 0 Å². The summed E-state index contributed by atoms with van der Waals surface area (Å²) in [7, 11) is 0. The van der Waals surface area contributed by atoms with Gasteiger partial charge in [-0.05, 0) is 18.4 Å². The van der Waals surface area contributed by atoms with Crippen molar-refractivity contribution in [3.05, 3.63) is 47.8 Å². The van der Waals surface area contributed by atoms with Gasteiger partial charge in [-0.2, -0.15) is 0 Å². The Balaban J connectivity index is 1.84. The number of allylic oxidation sites excluding steroid dienone is 1. The van der Waals surface area contributed by atoms with Gasteiger partial charge in [0, 0.05) is 11.9 Å². The van der Waals surface area contributed by atoms with E-state index in [-0.39, 0.29) is 6.29 Å². The van der Waals surface area contributed by atoms with E-state index in [0.29, 0.717) is 0 Å². The molecule has 0 fully saturated rings. The van der Waals surface area contributed by atoms with E-state index in [1.54, 1.807) is 0 Å². The molecular formula is C11H15N3. The first-order valence-electron chi connectivity index (χ1n) is 4.86. The third-order valence-electron chi connectivity index (χ3n) is 2.30. The largest absolute Gasteiger partial charge is 0.358 e. The lowest BCUT2D eigenvalue weighted by molar-refractivity contribution is 0.575. The van der Waals surface area contributed by atoms with Gasteiger partial charge in [0.05, 0.1) is 0 Å². The molecule has 3 heteroatoms. The first-order valence-corrected chi connectivity index (χ1v) is 4.86. The van der Waals surface area contributed by atoms with Crippen LogP contribution >= 0.6 is 0 Å². The molecule has 14 heavy (non-hydrogen) atoms. The first kappa shape index (κ1) is 9.09. The van der Waals surface area contributed by atoms with E-state index in [9.17, 15) is 0 Å². The summed E-state index contributed by atoms with van der Waals surface area (Å²) in [6, 6.07) is 10.4. The summed E-state index contributed by atoms with van der Waals surface area (Å²) in [4.78, 5) is 0. The molecule has 0 saturated heterocycles. The van der Waals surface area contributed by atoms with Crippen molar-refractivity contribution >= 4 is 0 Å². The summed E-state index contributed by atoms with van der Waals surface area (Å²) in [5, 5.41) is 6.16. The van der Waals surface area contributed by atoms with E-state index >= 15 is 0 Å². The van der Waals surface area contributed by atoms with Crippen molar-refractivity contribution in [1.82, 2.24) is 10.6 Å². The molecule has 1 aromatic rings. The van der Waals surface area contributed by atoms with Crippen LogP contribution < -0.4 is 16.4 Å². The molecule has 0 aromatic heterocycles. The minimum absolute atomic E-state index is 0.110. The highest BCUT2D eigenvalue weighted by molar-refractivity contribution is 5.17. The average molecular weight is 189 g/mol. The SMILES string of the molecule is NC1NC=C(CCc2ccccc2)N1. The summed E-state index contributed by atoms with van der Waals surface area (Å²) in [5.74, 6) is 0. The zero-order valence-corrected chi connectivity index (χ0v) is 8.03. The molecule has 1 atom stereocenters. The molecule has 0 bridgehead atoms. The quantitative estimate of drug-likeness (QED) is 0.662. The van der Waals surface area contributed by atoms with Crippen LogP contribution in [0.15, 0.2) is 42.2 Å². The predicted molar refractivity (Wildman–Crippen MR) is 57.1 cm³/mol. The van der Waals surface area contributed by atoms with Gasteiger partial charge in [-0.15, -0.1) is 0 Å². The molecule has 1 heterocycles. The number of hydrogen-bond acceptors (Lipinski definition) is 3. The van der Waals surface area contributed by atoms with Crippen LogP contribution in [0.2, 0.25) is 0 Å². The van der Waals surface area contributed by atoms with Gasteiger partial charge in [0.15, 0.2) is 0 Å². The molecule has 0 aliphatic carbocycles. The molecule has 0 spiro atoms. The molecular weight excluding hydrogens is 174 g/mol. The van der Waals surface area contributed by atoms with E-state index in [2.05, 4.69) is 34.9 Å². The molecule has 1 aromatic carbocycles. The van der Waals surface area contributed by atoms with Gasteiger partial charge in [-0.1, -0.05) is 30.3 Å². The van der Waals surface area contributed by atoms with Crippen LogP contribution in [-0.2, 0) is 6.42 Å². The number of nitrogens with two attached hydrogens (primary N) is 1. The Kier molecular flexibility index (Phi) is 2.70. The summed E-state index contributed by atoms with van der Waals surface area (Å²) in [5.41, 5.74) is 8.16. The molecule has 3 nitrogen and oxygen atoms in total. The average Bonchev–Trinajstić information content (AvgIpc) is 2.63. The van der Waals surface area contributed by atoms with Crippen LogP contribution in [0.25, 0.3) is 0 Å². The Bertz CT molecular complexity index is 319. The third kappa shape index (κ3) is 2.26. The molecule has 0 amide bonds. The van der Waals surface area contributed by atoms with Gasteiger partial charge in [0.1, 0.15) is 6.29 Å². The number of aryl methyl sites for hydroxylation is 1. The fraction of sp³-hybridized carbons (Fsp3) is 0.273. The van der Waals surface area contributed by atoms with Gasteiger partial charge in [0.25, 0.3) is 0 Å². The van der Waals surface area contributed by atoms with E-state index in [1.807, 2.05) is 12.3 Å². The normalized spacial score (nSPS) is 19.8. The monoisotopic (exact) mass is 189 g/mol. The van der Waals surface area contributed by atoms with Crippen molar-refractivity contribution in [2.45, 2.75) is 19.1 Å². The maximum atomic E-state index is 5.62. The number of hydrogen-bond donors (Lipinski definition) is 3. The fourth-order valence-electron chi connectivity index (χ4n) is 1.54. The van der Waals surface area contributed by atoms with E-state index in [1.165, 1.54) is 11.3 Å². The molecule has 1 aliphatic heterocycles. The van der Waals surface area contributed by atoms with Gasteiger partial charge in [0.2, 0.25) is 0 Å². The Hall–Kier alpha value is -1.48. The lowest BCUT2D eigenvalue weighted by Crippen LogP contribution is -2.40. The summed E-state index contributed by atoms with van der Waals surface area (Å²) in [6.07, 6.45) is 3.90. The zero-order chi connectivity index (χ0) is 9.80. The first-order chi connectivity index (χ1) is 6.84.